The third kappa shape index (κ3) is 7.54. The third-order valence-electron chi connectivity index (χ3n) is 6.58. The van der Waals surface area contributed by atoms with E-state index < -0.39 is 14.8 Å². The summed E-state index contributed by atoms with van der Waals surface area (Å²) in [5, 5.41) is 9.43. The van der Waals surface area contributed by atoms with E-state index in [-0.39, 0.29) is 5.92 Å². The lowest BCUT2D eigenvalue weighted by molar-refractivity contribution is 0.362. The Morgan fingerprint density at radius 3 is 1.87 bits per heavy atom. The van der Waals surface area contributed by atoms with Crippen LogP contribution < -0.4 is 0 Å². The van der Waals surface area contributed by atoms with Gasteiger partial charge in [-0.05, 0) is 25.8 Å². The molecule has 0 heterocycles. The lowest BCUT2D eigenvalue weighted by atomic mass is 9.84. The van der Waals surface area contributed by atoms with Crippen LogP contribution in [0, 0.1) is 17.2 Å². The summed E-state index contributed by atoms with van der Waals surface area (Å²) >= 11 is 0. The van der Waals surface area contributed by atoms with Crippen molar-refractivity contribution in [1.29, 1.82) is 5.26 Å². The maximum atomic E-state index is 13.7. The van der Waals surface area contributed by atoms with Crippen LogP contribution in [0.5, 0.6) is 0 Å². The summed E-state index contributed by atoms with van der Waals surface area (Å²) in [5.74, 6) is -0.339. The van der Waals surface area contributed by atoms with E-state index in [2.05, 4.69) is 19.9 Å². The van der Waals surface area contributed by atoms with Crippen molar-refractivity contribution in [3.63, 3.8) is 0 Å². The standard InChI is InChI=1S/C25H44N2O2S/c1-5-7-9-11-13-15-20-27(21-16-14-12-10-8-6-2)30(28,29)25(4)19-17-18-24(22-26)23(25)3/h17-19,23H,5-16,20-21H2,1-4H3. The molecule has 0 aromatic carbocycles. The maximum Gasteiger partial charge on any atom is 0.223 e. The van der Waals surface area contributed by atoms with Gasteiger partial charge in [0, 0.05) is 24.6 Å². The van der Waals surface area contributed by atoms with Crippen molar-refractivity contribution in [2.75, 3.05) is 13.1 Å². The molecule has 2 atom stereocenters. The third-order valence-corrected chi connectivity index (χ3v) is 9.22. The van der Waals surface area contributed by atoms with E-state index in [0.29, 0.717) is 18.7 Å². The summed E-state index contributed by atoms with van der Waals surface area (Å²) in [5.41, 5.74) is 0.544. The number of rotatable bonds is 16. The minimum atomic E-state index is -3.56. The monoisotopic (exact) mass is 436 g/mol. The Bertz CT molecular complexity index is 674. The van der Waals surface area contributed by atoms with E-state index in [1.807, 2.05) is 6.92 Å². The summed E-state index contributed by atoms with van der Waals surface area (Å²) in [6, 6.07) is 2.19. The van der Waals surface area contributed by atoms with E-state index in [1.54, 1.807) is 29.5 Å². The average molecular weight is 437 g/mol. The Morgan fingerprint density at radius 2 is 1.40 bits per heavy atom. The van der Waals surface area contributed by atoms with Gasteiger partial charge < -0.3 is 0 Å². The number of hydrogen-bond acceptors (Lipinski definition) is 3. The predicted molar refractivity (Wildman–Crippen MR) is 128 cm³/mol. The number of unbranched alkanes of at least 4 members (excludes halogenated alkanes) is 10. The number of allylic oxidation sites excluding steroid dienone is 3. The second-order valence-corrected chi connectivity index (χ2v) is 11.3. The lowest BCUT2D eigenvalue weighted by Gasteiger charge is -2.38. The molecular formula is C25H44N2O2S. The topological polar surface area (TPSA) is 61.2 Å². The van der Waals surface area contributed by atoms with Crippen LogP contribution in [0.3, 0.4) is 0 Å². The summed E-state index contributed by atoms with van der Waals surface area (Å²) < 4.78 is 28.2. The van der Waals surface area contributed by atoms with Crippen LogP contribution in [0.1, 0.15) is 105 Å². The average Bonchev–Trinajstić information content (AvgIpc) is 2.73. The lowest BCUT2D eigenvalue weighted by Crippen LogP contribution is -2.50. The molecule has 0 aromatic heterocycles. The Labute approximate surface area is 186 Å². The molecule has 0 N–H and O–H groups in total. The summed E-state index contributed by atoms with van der Waals surface area (Å²) in [6.07, 6.45) is 19.0. The van der Waals surface area contributed by atoms with Gasteiger partial charge in [-0.25, -0.2) is 12.7 Å². The molecule has 0 fully saturated rings. The molecule has 4 nitrogen and oxygen atoms in total. The van der Waals surface area contributed by atoms with E-state index >= 15 is 0 Å². The van der Waals surface area contributed by atoms with Gasteiger partial charge in [-0.1, -0.05) is 97.1 Å². The largest absolute Gasteiger partial charge is 0.223 e. The first-order chi connectivity index (χ1) is 14.3. The van der Waals surface area contributed by atoms with Crippen molar-refractivity contribution in [1.82, 2.24) is 4.31 Å². The smallest absolute Gasteiger partial charge is 0.211 e. The van der Waals surface area contributed by atoms with Gasteiger partial charge >= 0.3 is 0 Å². The minimum Gasteiger partial charge on any atom is -0.211 e. The van der Waals surface area contributed by atoms with Crippen molar-refractivity contribution in [3.8, 4) is 6.07 Å². The van der Waals surface area contributed by atoms with Gasteiger partial charge in [0.1, 0.15) is 4.75 Å². The first-order valence-corrected chi connectivity index (χ1v) is 13.6. The summed E-state index contributed by atoms with van der Waals surface area (Å²) in [6.45, 7) is 9.24. The molecule has 0 bridgehead atoms. The van der Waals surface area contributed by atoms with E-state index in [0.717, 1.165) is 25.7 Å². The highest BCUT2D eigenvalue weighted by Crippen LogP contribution is 2.38. The molecule has 5 heteroatoms. The van der Waals surface area contributed by atoms with Crippen LogP contribution in [0.4, 0.5) is 0 Å². The van der Waals surface area contributed by atoms with E-state index in [9.17, 15) is 13.7 Å². The first kappa shape index (κ1) is 26.9. The quantitative estimate of drug-likeness (QED) is 0.251. The molecule has 1 aliphatic rings. The van der Waals surface area contributed by atoms with Crippen LogP contribution in [-0.2, 0) is 10.0 Å². The fraction of sp³-hybridized carbons (Fsp3) is 0.800. The minimum absolute atomic E-state index is 0.339. The van der Waals surface area contributed by atoms with Crippen molar-refractivity contribution in [2.24, 2.45) is 5.92 Å². The number of nitrogens with zero attached hydrogens (tertiary/aromatic N) is 2. The number of hydrogen-bond donors (Lipinski definition) is 0. The summed E-state index contributed by atoms with van der Waals surface area (Å²) in [7, 11) is -3.56. The van der Waals surface area contributed by atoms with Crippen LogP contribution in [0.2, 0.25) is 0 Å². The Kier molecular flexibility index (Phi) is 12.6. The Morgan fingerprint density at radius 1 is 0.933 bits per heavy atom. The van der Waals surface area contributed by atoms with Gasteiger partial charge in [0.2, 0.25) is 10.0 Å². The Hall–Kier alpha value is -1.12. The molecule has 2 unspecified atom stereocenters. The summed E-state index contributed by atoms with van der Waals surface area (Å²) in [4.78, 5) is 0. The van der Waals surface area contributed by atoms with Gasteiger partial charge in [0.25, 0.3) is 0 Å². The second-order valence-electron chi connectivity index (χ2n) is 8.94. The molecule has 0 aromatic rings. The van der Waals surface area contributed by atoms with Crippen LogP contribution in [0.15, 0.2) is 23.8 Å². The fourth-order valence-electron chi connectivity index (χ4n) is 4.15. The highest BCUT2D eigenvalue weighted by Gasteiger charge is 2.47. The molecule has 0 amide bonds. The Balaban J connectivity index is 2.83. The van der Waals surface area contributed by atoms with Gasteiger partial charge in [-0.3, -0.25) is 0 Å². The van der Waals surface area contributed by atoms with Crippen LogP contribution >= 0.6 is 0 Å². The van der Waals surface area contributed by atoms with Crippen molar-refractivity contribution in [3.05, 3.63) is 23.8 Å². The fourth-order valence-corrected chi connectivity index (χ4v) is 6.27. The molecular weight excluding hydrogens is 392 g/mol. The first-order valence-electron chi connectivity index (χ1n) is 12.1. The highest BCUT2D eigenvalue weighted by atomic mass is 32.2. The zero-order chi connectivity index (χ0) is 22.5. The van der Waals surface area contributed by atoms with E-state index in [4.69, 9.17) is 0 Å². The van der Waals surface area contributed by atoms with Crippen LogP contribution in [-0.4, -0.2) is 30.6 Å². The van der Waals surface area contributed by atoms with E-state index in [1.165, 1.54) is 51.4 Å². The van der Waals surface area contributed by atoms with Crippen molar-refractivity contribution >= 4 is 10.0 Å². The zero-order valence-corrected chi connectivity index (χ0v) is 20.6. The number of nitriles is 1. The molecule has 0 spiro atoms. The molecule has 0 saturated carbocycles. The molecule has 30 heavy (non-hydrogen) atoms. The van der Waals surface area contributed by atoms with Gasteiger partial charge in [-0.2, -0.15) is 5.26 Å². The molecule has 0 aliphatic heterocycles. The van der Waals surface area contributed by atoms with Crippen molar-refractivity contribution in [2.45, 2.75) is 109 Å². The second kappa shape index (κ2) is 14.0. The van der Waals surface area contributed by atoms with Gasteiger partial charge in [0.15, 0.2) is 0 Å². The normalized spacial score (nSPS) is 21.6. The van der Waals surface area contributed by atoms with Gasteiger partial charge in [-0.15, -0.1) is 0 Å². The zero-order valence-electron chi connectivity index (χ0n) is 19.8. The molecule has 0 radical (unpaired) electrons. The van der Waals surface area contributed by atoms with Crippen molar-refractivity contribution < 1.29 is 8.42 Å². The maximum absolute atomic E-state index is 13.7. The SMILES string of the molecule is CCCCCCCCN(CCCCCCCC)S(=O)(=O)C1(C)C=CC=C(C#N)C1C. The molecule has 1 aliphatic carbocycles. The highest BCUT2D eigenvalue weighted by molar-refractivity contribution is 7.90. The number of sulfonamides is 1. The van der Waals surface area contributed by atoms with Gasteiger partial charge in [0.05, 0.1) is 6.07 Å². The predicted octanol–water partition coefficient (Wildman–Crippen LogP) is 6.75. The molecule has 0 saturated heterocycles. The molecule has 1 rings (SSSR count). The molecule has 172 valence electrons. The van der Waals surface area contributed by atoms with Crippen LogP contribution in [0.25, 0.3) is 0 Å².